The fourth-order valence-electron chi connectivity index (χ4n) is 2.28. The molecule has 33 heavy (non-hydrogen) atoms. The van der Waals surface area contributed by atoms with Crippen molar-refractivity contribution in [3.05, 3.63) is 0 Å². The number of amides is 1. The van der Waals surface area contributed by atoms with Crippen LogP contribution in [-0.2, 0) is 58.9 Å². The summed E-state index contributed by atoms with van der Waals surface area (Å²) in [4.78, 5) is 31.2. The van der Waals surface area contributed by atoms with E-state index < -0.39 is 32.6 Å². The molecule has 0 aromatic rings. The Kier molecular flexibility index (Phi) is 15.5. The lowest BCUT2D eigenvalue weighted by atomic mass is 10.1. The molecular formula is C15H29NO15S2. The summed E-state index contributed by atoms with van der Waals surface area (Å²) in [5, 5.41) is 17.6. The maximum Gasteiger partial charge on any atom is 0.426 e. The van der Waals surface area contributed by atoms with Crippen molar-refractivity contribution in [1.82, 2.24) is 5.32 Å². The molecular weight excluding hydrogens is 498 g/mol. The van der Waals surface area contributed by atoms with E-state index in [1.807, 2.05) is 0 Å². The zero-order valence-corrected chi connectivity index (χ0v) is 19.5. The Hall–Kier alpha value is -1.48. The highest BCUT2D eigenvalue weighted by Crippen LogP contribution is 2.35. The van der Waals surface area contributed by atoms with Gasteiger partial charge in [-0.1, -0.05) is 54.1 Å². The van der Waals surface area contributed by atoms with E-state index >= 15 is 0 Å². The normalized spacial score (nSPS) is 14.8. The van der Waals surface area contributed by atoms with Gasteiger partial charge in [0.15, 0.2) is 0 Å². The summed E-state index contributed by atoms with van der Waals surface area (Å²) in [5.41, 5.74) is 0. The summed E-state index contributed by atoms with van der Waals surface area (Å²) in [6.07, 6.45) is 9.47. The van der Waals surface area contributed by atoms with E-state index in [-0.39, 0.29) is 12.3 Å². The van der Waals surface area contributed by atoms with Crippen molar-refractivity contribution in [3.63, 3.8) is 0 Å². The van der Waals surface area contributed by atoms with Crippen molar-refractivity contribution < 1.29 is 69.2 Å². The predicted molar refractivity (Wildman–Crippen MR) is 105 cm³/mol. The van der Waals surface area contributed by atoms with Crippen molar-refractivity contribution in [1.29, 1.82) is 0 Å². The Bertz CT molecular complexity index is 745. The SMILES string of the molecule is CCCCCCCCCNC(=O)CCCC1(C(=O)O)OO1.O=S(=O)(O)OOOOS(=O)(=O)O. The van der Waals surface area contributed by atoms with Crippen LogP contribution in [0.4, 0.5) is 0 Å². The Balaban J connectivity index is 0.000000728. The molecule has 16 nitrogen and oxygen atoms in total. The maximum atomic E-state index is 11.6. The van der Waals surface area contributed by atoms with Crippen LogP contribution in [0, 0.1) is 0 Å². The second kappa shape index (κ2) is 16.2. The number of hydrogen-bond acceptors (Lipinski definition) is 12. The first-order chi connectivity index (χ1) is 15.3. The monoisotopic (exact) mass is 527 g/mol. The number of nitrogens with one attached hydrogen (secondary N) is 1. The summed E-state index contributed by atoms with van der Waals surface area (Å²) < 4.78 is 59.8. The van der Waals surface area contributed by atoms with Gasteiger partial charge >= 0.3 is 32.6 Å². The van der Waals surface area contributed by atoms with E-state index in [1.54, 1.807) is 0 Å². The van der Waals surface area contributed by atoms with Gasteiger partial charge in [-0.05, 0) is 22.9 Å². The highest BCUT2D eigenvalue weighted by atomic mass is 32.3. The molecule has 1 amide bonds. The number of hydrogen-bond donors (Lipinski definition) is 4. The first-order valence-corrected chi connectivity index (χ1v) is 12.6. The van der Waals surface area contributed by atoms with Crippen LogP contribution in [0.2, 0.25) is 0 Å². The molecule has 1 heterocycles. The minimum absolute atomic E-state index is 0.0397. The number of carbonyl (C=O) groups is 2. The van der Waals surface area contributed by atoms with Crippen LogP contribution in [0.3, 0.4) is 0 Å². The van der Waals surface area contributed by atoms with Crippen LogP contribution < -0.4 is 5.32 Å². The lowest BCUT2D eigenvalue weighted by Gasteiger charge is -2.05. The first-order valence-electron chi connectivity index (χ1n) is 9.84. The first kappa shape index (κ1) is 31.5. The summed E-state index contributed by atoms with van der Waals surface area (Å²) in [7, 11) is -9.89. The third-order valence-corrected chi connectivity index (χ3v) is 4.33. The quantitative estimate of drug-likeness (QED) is 0.0643. The second-order valence-corrected chi connectivity index (χ2v) is 8.66. The summed E-state index contributed by atoms with van der Waals surface area (Å²) in [6.45, 7) is 2.90. The molecule has 0 atom stereocenters. The fraction of sp³-hybridized carbons (Fsp3) is 0.867. The highest BCUT2D eigenvalue weighted by Gasteiger charge is 2.56. The molecule has 0 bridgehead atoms. The Morgan fingerprint density at radius 3 is 1.76 bits per heavy atom. The molecule has 0 aromatic carbocycles. The largest absolute Gasteiger partial charge is 0.477 e. The minimum atomic E-state index is -4.95. The van der Waals surface area contributed by atoms with Gasteiger partial charge in [0.2, 0.25) is 5.91 Å². The van der Waals surface area contributed by atoms with E-state index in [9.17, 15) is 26.4 Å². The number of aliphatic carboxylic acids is 1. The second-order valence-electron chi connectivity index (χ2n) is 6.68. The number of rotatable bonds is 18. The van der Waals surface area contributed by atoms with Crippen molar-refractivity contribution in [2.45, 2.75) is 76.9 Å². The Morgan fingerprint density at radius 1 is 0.848 bits per heavy atom. The van der Waals surface area contributed by atoms with Gasteiger partial charge in [-0.25, -0.2) is 4.79 Å². The topological polar surface area (TPSA) is 237 Å². The minimum Gasteiger partial charge on any atom is -0.477 e. The van der Waals surface area contributed by atoms with E-state index in [1.165, 1.54) is 32.1 Å². The van der Waals surface area contributed by atoms with E-state index in [4.69, 9.17) is 14.2 Å². The molecule has 1 saturated heterocycles. The molecule has 0 spiro atoms. The Morgan fingerprint density at radius 2 is 1.33 bits per heavy atom. The van der Waals surface area contributed by atoms with Crippen LogP contribution in [-0.4, -0.2) is 55.3 Å². The van der Waals surface area contributed by atoms with Gasteiger partial charge in [0.05, 0.1) is 0 Å². The number of carboxylic acid groups (broad SMARTS) is 1. The molecule has 0 aliphatic carbocycles. The lowest BCUT2D eigenvalue weighted by molar-refractivity contribution is -0.577. The van der Waals surface area contributed by atoms with Crippen LogP contribution in [0.5, 0.6) is 0 Å². The Labute approximate surface area is 191 Å². The van der Waals surface area contributed by atoms with Crippen molar-refractivity contribution in [2.75, 3.05) is 6.54 Å². The predicted octanol–water partition coefficient (Wildman–Crippen LogP) is 1.17. The molecule has 1 aliphatic rings. The lowest BCUT2D eigenvalue weighted by Crippen LogP contribution is -2.26. The van der Waals surface area contributed by atoms with Gasteiger partial charge in [-0.15, -0.1) is 0 Å². The molecule has 1 rings (SSSR count). The van der Waals surface area contributed by atoms with E-state index in [2.05, 4.69) is 40.8 Å². The van der Waals surface area contributed by atoms with Crippen molar-refractivity contribution in [3.8, 4) is 0 Å². The summed E-state index contributed by atoms with van der Waals surface area (Å²) in [6, 6.07) is 0. The molecule has 1 fully saturated rings. The molecule has 0 saturated carbocycles. The van der Waals surface area contributed by atoms with Crippen molar-refractivity contribution >= 4 is 32.7 Å². The molecule has 0 radical (unpaired) electrons. The van der Waals surface area contributed by atoms with Crippen LogP contribution >= 0.6 is 0 Å². The summed E-state index contributed by atoms with van der Waals surface area (Å²) in [5.74, 6) is -2.66. The molecule has 1 aliphatic heterocycles. The third kappa shape index (κ3) is 19.7. The average molecular weight is 528 g/mol. The van der Waals surface area contributed by atoms with Crippen LogP contribution in [0.25, 0.3) is 0 Å². The van der Waals surface area contributed by atoms with Gasteiger partial charge in [0.1, 0.15) is 0 Å². The zero-order chi connectivity index (χ0) is 25.4. The number of carboxylic acids is 1. The van der Waals surface area contributed by atoms with Gasteiger partial charge in [-0.3, -0.25) is 13.9 Å². The highest BCUT2D eigenvalue weighted by molar-refractivity contribution is 7.81. The smallest absolute Gasteiger partial charge is 0.426 e. The standard InChI is InChI=1S/C15H27NO5.H2O10S2/c1-2-3-4-5-6-7-8-12-16-13(17)10-9-11-15(14(18)19)20-21-15;1-11(2,3)9-7-8-10-12(4,5)6/h2-12H2,1H3,(H,16,17)(H,18,19);(H,1,2,3)(H,4,5,6). The molecule has 196 valence electrons. The zero-order valence-electron chi connectivity index (χ0n) is 17.8. The number of carbonyl (C=O) groups excluding carboxylic acids is 1. The molecule has 18 heteroatoms. The van der Waals surface area contributed by atoms with Gasteiger partial charge < -0.3 is 10.4 Å². The van der Waals surface area contributed by atoms with Crippen molar-refractivity contribution in [2.24, 2.45) is 0 Å². The van der Waals surface area contributed by atoms with Gasteiger partial charge in [0.25, 0.3) is 0 Å². The van der Waals surface area contributed by atoms with Gasteiger partial charge in [0, 0.05) is 19.4 Å². The maximum absolute atomic E-state index is 11.6. The fourth-order valence-corrected chi connectivity index (χ4v) is 2.47. The average Bonchev–Trinajstić information content (AvgIpc) is 3.48. The molecule has 0 unspecified atom stereocenters. The van der Waals surface area contributed by atoms with Gasteiger partial charge in [-0.2, -0.15) is 26.6 Å². The third-order valence-electron chi connectivity index (χ3n) is 3.88. The van der Waals surface area contributed by atoms with E-state index in [0.717, 1.165) is 12.8 Å². The van der Waals surface area contributed by atoms with Crippen LogP contribution in [0.15, 0.2) is 0 Å². The number of unbranched alkanes of at least 4 members (excludes halogenated alkanes) is 6. The molecule has 0 aromatic heterocycles. The molecule has 4 N–H and O–H groups in total. The van der Waals surface area contributed by atoms with E-state index in [0.29, 0.717) is 19.4 Å². The van der Waals surface area contributed by atoms with Crippen LogP contribution in [0.1, 0.15) is 71.1 Å². The summed E-state index contributed by atoms with van der Waals surface area (Å²) >= 11 is 0.